The Morgan fingerprint density at radius 3 is 2.67 bits per heavy atom. The third kappa shape index (κ3) is 2.52. The Labute approximate surface area is 101 Å². The predicted molar refractivity (Wildman–Crippen MR) is 62.7 cm³/mol. The van der Waals surface area contributed by atoms with Crippen LogP contribution in [0, 0.1) is 6.92 Å². The smallest absolute Gasteiger partial charge is 0.162 e. The van der Waals surface area contributed by atoms with Gasteiger partial charge >= 0.3 is 0 Å². The Bertz CT molecular complexity index is 464. The molecule has 3 nitrogen and oxygen atoms in total. The van der Waals surface area contributed by atoms with Crippen LogP contribution in [0.15, 0.2) is 29.0 Å². The Hall–Kier alpha value is -1.00. The van der Waals surface area contributed by atoms with Crippen molar-refractivity contribution in [2.45, 2.75) is 6.92 Å². The fourth-order valence-electron chi connectivity index (χ4n) is 1.17. The van der Waals surface area contributed by atoms with Crippen LogP contribution < -0.4 is 0 Å². The molecule has 0 aliphatic heterocycles. The standard InChI is InChI=1S/C10H7BrClN3/c1-6-4-8(11)15-10(14-6)7-2-3-9(12)13-5-7/h2-5H,1H3. The fraction of sp³-hybridized carbons (Fsp3) is 0.100. The lowest BCUT2D eigenvalue weighted by atomic mass is 10.2. The zero-order valence-corrected chi connectivity index (χ0v) is 10.2. The van der Waals surface area contributed by atoms with Gasteiger partial charge in [-0.3, -0.25) is 0 Å². The van der Waals surface area contributed by atoms with E-state index in [1.54, 1.807) is 12.3 Å². The van der Waals surface area contributed by atoms with Crippen molar-refractivity contribution in [1.82, 2.24) is 15.0 Å². The van der Waals surface area contributed by atoms with Gasteiger partial charge in [0.15, 0.2) is 5.82 Å². The minimum absolute atomic E-state index is 0.463. The Morgan fingerprint density at radius 2 is 2.07 bits per heavy atom. The molecule has 2 rings (SSSR count). The molecule has 15 heavy (non-hydrogen) atoms. The molecule has 2 heterocycles. The highest BCUT2D eigenvalue weighted by molar-refractivity contribution is 9.10. The van der Waals surface area contributed by atoms with Crippen molar-refractivity contribution in [2.24, 2.45) is 0 Å². The molecule has 0 N–H and O–H groups in total. The van der Waals surface area contributed by atoms with Gasteiger partial charge in [-0.15, -0.1) is 0 Å². The lowest BCUT2D eigenvalue weighted by molar-refractivity contribution is 1.08. The second kappa shape index (κ2) is 4.24. The normalized spacial score (nSPS) is 10.3. The van der Waals surface area contributed by atoms with Gasteiger partial charge < -0.3 is 0 Å². The minimum atomic E-state index is 0.463. The molecule has 0 atom stereocenters. The quantitative estimate of drug-likeness (QED) is 0.596. The molecule has 0 saturated carbocycles. The van der Waals surface area contributed by atoms with Crippen molar-refractivity contribution >= 4 is 27.5 Å². The first-order valence-corrected chi connectivity index (χ1v) is 5.45. The lowest BCUT2D eigenvalue weighted by Crippen LogP contribution is -1.92. The number of hydrogen-bond donors (Lipinski definition) is 0. The second-order valence-electron chi connectivity index (χ2n) is 3.03. The largest absolute Gasteiger partial charge is 0.244 e. The Kier molecular flexibility index (Phi) is 2.98. The number of rotatable bonds is 1. The molecule has 0 amide bonds. The van der Waals surface area contributed by atoms with Gasteiger partial charge in [-0.1, -0.05) is 11.6 Å². The van der Waals surface area contributed by atoms with Gasteiger partial charge in [0.1, 0.15) is 9.76 Å². The monoisotopic (exact) mass is 283 g/mol. The maximum atomic E-state index is 5.70. The van der Waals surface area contributed by atoms with Crippen LogP contribution in [0.4, 0.5) is 0 Å². The molecular weight excluding hydrogens is 277 g/mol. The zero-order chi connectivity index (χ0) is 10.8. The van der Waals surface area contributed by atoms with E-state index in [1.807, 2.05) is 19.1 Å². The third-order valence-electron chi connectivity index (χ3n) is 1.81. The van der Waals surface area contributed by atoms with Crippen LogP contribution >= 0.6 is 27.5 Å². The highest BCUT2D eigenvalue weighted by atomic mass is 79.9. The van der Waals surface area contributed by atoms with Crippen molar-refractivity contribution in [1.29, 1.82) is 0 Å². The molecular formula is C10H7BrClN3. The molecule has 0 bridgehead atoms. The van der Waals surface area contributed by atoms with E-state index in [-0.39, 0.29) is 0 Å². The van der Waals surface area contributed by atoms with E-state index in [1.165, 1.54) is 0 Å². The number of hydrogen-bond acceptors (Lipinski definition) is 3. The fourth-order valence-corrected chi connectivity index (χ4v) is 1.78. The first-order chi connectivity index (χ1) is 7.15. The number of aryl methyl sites for hydroxylation is 1. The molecule has 0 spiro atoms. The van der Waals surface area contributed by atoms with Crippen LogP contribution in [0.25, 0.3) is 11.4 Å². The van der Waals surface area contributed by atoms with E-state index < -0.39 is 0 Å². The van der Waals surface area contributed by atoms with Gasteiger partial charge in [0, 0.05) is 17.5 Å². The molecule has 76 valence electrons. The summed E-state index contributed by atoms with van der Waals surface area (Å²) in [5, 5.41) is 0.463. The van der Waals surface area contributed by atoms with Crippen LogP contribution in [0.2, 0.25) is 5.15 Å². The van der Waals surface area contributed by atoms with Crippen LogP contribution in [0.3, 0.4) is 0 Å². The predicted octanol–water partition coefficient (Wildman–Crippen LogP) is 3.26. The van der Waals surface area contributed by atoms with Gasteiger partial charge in [0.25, 0.3) is 0 Å². The van der Waals surface area contributed by atoms with Crippen LogP contribution in [0.1, 0.15) is 5.69 Å². The van der Waals surface area contributed by atoms with E-state index >= 15 is 0 Å². The summed E-state index contributed by atoms with van der Waals surface area (Å²) in [4.78, 5) is 12.6. The Balaban J connectivity index is 2.49. The van der Waals surface area contributed by atoms with Crippen molar-refractivity contribution in [3.63, 3.8) is 0 Å². The molecule has 0 radical (unpaired) electrons. The first kappa shape index (κ1) is 10.5. The number of aromatic nitrogens is 3. The van der Waals surface area contributed by atoms with Gasteiger partial charge in [-0.2, -0.15) is 0 Å². The molecule has 0 aliphatic rings. The van der Waals surface area contributed by atoms with Gasteiger partial charge in [0.2, 0.25) is 0 Å². The maximum absolute atomic E-state index is 5.70. The summed E-state index contributed by atoms with van der Waals surface area (Å²) < 4.78 is 0.764. The average Bonchev–Trinajstić information content (AvgIpc) is 2.17. The summed E-state index contributed by atoms with van der Waals surface area (Å²) in [7, 11) is 0. The molecule has 2 aromatic heterocycles. The molecule has 0 saturated heterocycles. The molecule has 0 aromatic carbocycles. The van der Waals surface area contributed by atoms with Crippen molar-refractivity contribution in [3.8, 4) is 11.4 Å². The third-order valence-corrected chi connectivity index (χ3v) is 2.44. The number of pyridine rings is 1. The van der Waals surface area contributed by atoms with Crippen molar-refractivity contribution in [3.05, 3.63) is 39.8 Å². The van der Waals surface area contributed by atoms with Gasteiger partial charge in [-0.25, -0.2) is 15.0 Å². The molecule has 2 aromatic rings. The van der Waals surface area contributed by atoms with Gasteiger partial charge in [0.05, 0.1) is 0 Å². The SMILES string of the molecule is Cc1cc(Br)nc(-c2ccc(Cl)nc2)n1. The van der Waals surface area contributed by atoms with Crippen LogP contribution in [-0.4, -0.2) is 15.0 Å². The average molecular weight is 285 g/mol. The first-order valence-electron chi connectivity index (χ1n) is 4.28. The summed E-state index contributed by atoms with van der Waals surface area (Å²) in [6.07, 6.45) is 1.66. The lowest BCUT2D eigenvalue weighted by Gasteiger charge is -2.01. The molecule has 5 heteroatoms. The summed E-state index contributed by atoms with van der Waals surface area (Å²) in [6.45, 7) is 1.92. The highest BCUT2D eigenvalue weighted by Crippen LogP contribution is 2.18. The summed E-state index contributed by atoms with van der Waals surface area (Å²) >= 11 is 9.03. The Morgan fingerprint density at radius 1 is 1.27 bits per heavy atom. The minimum Gasteiger partial charge on any atom is -0.244 e. The van der Waals surface area contributed by atoms with E-state index in [0.29, 0.717) is 11.0 Å². The van der Waals surface area contributed by atoms with E-state index in [2.05, 4.69) is 30.9 Å². The molecule has 0 fully saturated rings. The molecule has 0 aliphatic carbocycles. The summed E-state index contributed by atoms with van der Waals surface area (Å²) in [5.41, 5.74) is 1.76. The van der Waals surface area contributed by atoms with Crippen LogP contribution in [-0.2, 0) is 0 Å². The van der Waals surface area contributed by atoms with Crippen molar-refractivity contribution in [2.75, 3.05) is 0 Å². The van der Waals surface area contributed by atoms with E-state index in [4.69, 9.17) is 11.6 Å². The maximum Gasteiger partial charge on any atom is 0.162 e. The molecule has 0 unspecified atom stereocenters. The van der Waals surface area contributed by atoms with E-state index in [9.17, 15) is 0 Å². The number of halogens is 2. The van der Waals surface area contributed by atoms with Crippen molar-refractivity contribution < 1.29 is 0 Å². The summed E-state index contributed by atoms with van der Waals surface area (Å²) in [6, 6.07) is 5.42. The zero-order valence-electron chi connectivity index (χ0n) is 7.91. The second-order valence-corrected chi connectivity index (χ2v) is 4.22. The van der Waals surface area contributed by atoms with Crippen LogP contribution in [0.5, 0.6) is 0 Å². The topological polar surface area (TPSA) is 38.7 Å². The highest BCUT2D eigenvalue weighted by Gasteiger charge is 2.03. The number of nitrogens with zero attached hydrogens (tertiary/aromatic N) is 3. The van der Waals surface area contributed by atoms with E-state index in [0.717, 1.165) is 15.9 Å². The van der Waals surface area contributed by atoms with Gasteiger partial charge in [-0.05, 0) is 41.1 Å². The summed E-state index contributed by atoms with van der Waals surface area (Å²) in [5.74, 6) is 0.644.